The number of hydroxylamine groups is 2. The molecular formula is C22H35NO3. The Morgan fingerprint density at radius 1 is 1.08 bits per heavy atom. The molecule has 3 atom stereocenters. The zero-order chi connectivity index (χ0) is 18.8. The van der Waals surface area contributed by atoms with Crippen molar-refractivity contribution in [2.24, 2.45) is 5.92 Å². The molecule has 2 fully saturated rings. The van der Waals surface area contributed by atoms with Gasteiger partial charge in [-0.25, -0.2) is 0 Å². The largest absolute Gasteiger partial charge is 0.347 e. The number of nitrogens with zero attached hydrogens (tertiary/aromatic N) is 1. The minimum atomic E-state index is -0.477. The first-order valence-corrected chi connectivity index (χ1v) is 10.2. The van der Waals surface area contributed by atoms with Crippen LogP contribution in [0.4, 0.5) is 0 Å². The molecule has 4 nitrogen and oxygen atoms in total. The average Bonchev–Trinajstić information content (AvgIpc) is 3.13. The summed E-state index contributed by atoms with van der Waals surface area (Å²) in [5.41, 5.74) is 1.07. The van der Waals surface area contributed by atoms with Gasteiger partial charge in [0.05, 0.1) is 25.4 Å². The summed E-state index contributed by atoms with van der Waals surface area (Å²) in [6.45, 7) is 13.4. The van der Waals surface area contributed by atoms with Crippen molar-refractivity contribution in [2.45, 2.75) is 77.2 Å². The lowest BCUT2D eigenvalue weighted by Crippen LogP contribution is -2.71. The van der Waals surface area contributed by atoms with Crippen LogP contribution >= 0.6 is 0 Å². The summed E-state index contributed by atoms with van der Waals surface area (Å²) in [6.07, 6.45) is 3.75. The topological polar surface area (TPSA) is 30.9 Å². The fourth-order valence-electron chi connectivity index (χ4n) is 4.77. The van der Waals surface area contributed by atoms with Crippen LogP contribution in [0.5, 0.6) is 0 Å². The molecule has 26 heavy (non-hydrogen) atoms. The van der Waals surface area contributed by atoms with Crippen LogP contribution in [0.3, 0.4) is 0 Å². The molecule has 0 bridgehead atoms. The molecule has 2 aliphatic rings. The Kier molecular flexibility index (Phi) is 5.78. The molecule has 4 heteroatoms. The molecule has 146 valence electrons. The molecule has 0 N–H and O–H groups in total. The Bertz CT molecular complexity index is 586. The zero-order valence-electron chi connectivity index (χ0n) is 17.1. The number of rotatable bonds is 6. The van der Waals surface area contributed by atoms with Gasteiger partial charge in [-0.3, -0.25) is 4.84 Å². The number of benzene rings is 1. The number of hydrogen-bond donors (Lipinski definition) is 0. The highest BCUT2D eigenvalue weighted by atomic mass is 16.7. The van der Waals surface area contributed by atoms with Crippen LogP contribution in [-0.4, -0.2) is 41.7 Å². The second kappa shape index (κ2) is 7.59. The van der Waals surface area contributed by atoms with Crippen molar-refractivity contribution in [3.8, 4) is 0 Å². The molecular weight excluding hydrogens is 326 g/mol. The van der Waals surface area contributed by atoms with E-state index in [0.717, 1.165) is 25.7 Å². The molecule has 2 heterocycles. The van der Waals surface area contributed by atoms with Crippen molar-refractivity contribution in [3.63, 3.8) is 0 Å². The predicted octanol–water partition coefficient (Wildman–Crippen LogP) is 4.58. The fraction of sp³-hybridized carbons (Fsp3) is 0.727. The molecule has 1 spiro atoms. The van der Waals surface area contributed by atoms with Crippen molar-refractivity contribution in [1.82, 2.24) is 5.06 Å². The summed E-state index contributed by atoms with van der Waals surface area (Å²) in [4.78, 5) is 6.50. The Labute approximate surface area is 158 Å². The van der Waals surface area contributed by atoms with Crippen LogP contribution in [0.1, 0.15) is 59.4 Å². The van der Waals surface area contributed by atoms with Gasteiger partial charge in [0.25, 0.3) is 0 Å². The van der Waals surface area contributed by atoms with Crippen LogP contribution in [0, 0.1) is 5.92 Å². The molecule has 0 aromatic heterocycles. The number of hydrogen-bond acceptors (Lipinski definition) is 4. The molecule has 1 aromatic rings. The third kappa shape index (κ3) is 3.33. The standard InChI is InChI=1S/C22H35NO3/c1-6-20(4)17-22(24-15-16-25-22)18(3)21(5,7-2)23(20)26-14-13-19-11-9-8-10-12-19/h8-12,18H,6-7,13-17H2,1-5H3. The van der Waals surface area contributed by atoms with Gasteiger partial charge in [-0.05, 0) is 38.7 Å². The minimum absolute atomic E-state index is 0.113. The van der Waals surface area contributed by atoms with Crippen LogP contribution in [0.25, 0.3) is 0 Å². The number of piperidine rings is 1. The Hall–Kier alpha value is -0.940. The quantitative estimate of drug-likeness (QED) is 0.742. The van der Waals surface area contributed by atoms with Crippen LogP contribution in [-0.2, 0) is 20.7 Å². The van der Waals surface area contributed by atoms with Gasteiger partial charge in [-0.15, -0.1) is 0 Å². The average molecular weight is 362 g/mol. The zero-order valence-corrected chi connectivity index (χ0v) is 17.1. The van der Waals surface area contributed by atoms with E-state index in [1.165, 1.54) is 5.56 Å². The fourth-order valence-corrected chi connectivity index (χ4v) is 4.77. The summed E-state index contributed by atoms with van der Waals surface area (Å²) in [5.74, 6) is -0.242. The summed E-state index contributed by atoms with van der Waals surface area (Å²) in [6, 6.07) is 10.6. The molecule has 0 radical (unpaired) electrons. The van der Waals surface area contributed by atoms with Gasteiger partial charge in [0, 0.05) is 17.9 Å². The molecule has 0 saturated carbocycles. The summed E-state index contributed by atoms with van der Waals surface area (Å²) in [5, 5.41) is 2.30. The summed E-state index contributed by atoms with van der Waals surface area (Å²) < 4.78 is 12.4. The normalized spacial score (nSPS) is 34.4. The van der Waals surface area contributed by atoms with E-state index in [4.69, 9.17) is 14.3 Å². The van der Waals surface area contributed by atoms with Crippen LogP contribution in [0.2, 0.25) is 0 Å². The highest BCUT2D eigenvalue weighted by Gasteiger charge is 2.62. The van der Waals surface area contributed by atoms with E-state index < -0.39 is 5.79 Å². The van der Waals surface area contributed by atoms with E-state index in [1.54, 1.807) is 0 Å². The predicted molar refractivity (Wildman–Crippen MR) is 104 cm³/mol. The van der Waals surface area contributed by atoms with Gasteiger partial charge in [-0.1, -0.05) is 51.1 Å². The first-order valence-electron chi connectivity index (χ1n) is 10.2. The van der Waals surface area contributed by atoms with E-state index in [2.05, 4.69) is 70.0 Å². The van der Waals surface area contributed by atoms with Crippen molar-refractivity contribution >= 4 is 0 Å². The highest BCUT2D eigenvalue weighted by Crippen LogP contribution is 2.53. The van der Waals surface area contributed by atoms with E-state index in [0.29, 0.717) is 19.8 Å². The third-order valence-electron chi connectivity index (χ3n) is 6.88. The first-order chi connectivity index (χ1) is 12.4. The van der Waals surface area contributed by atoms with Gasteiger partial charge in [-0.2, -0.15) is 5.06 Å². The van der Waals surface area contributed by atoms with Gasteiger partial charge >= 0.3 is 0 Å². The Morgan fingerprint density at radius 3 is 2.31 bits per heavy atom. The van der Waals surface area contributed by atoms with Crippen molar-refractivity contribution in [1.29, 1.82) is 0 Å². The highest BCUT2D eigenvalue weighted by molar-refractivity contribution is 5.14. The van der Waals surface area contributed by atoms with E-state index in [1.807, 2.05) is 0 Å². The first kappa shape index (κ1) is 19.8. The molecule has 2 aliphatic heterocycles. The second-order valence-corrected chi connectivity index (χ2v) is 8.33. The lowest BCUT2D eigenvalue weighted by Gasteiger charge is -2.61. The van der Waals surface area contributed by atoms with Crippen molar-refractivity contribution in [2.75, 3.05) is 19.8 Å². The molecule has 3 rings (SSSR count). The Morgan fingerprint density at radius 2 is 1.73 bits per heavy atom. The van der Waals surface area contributed by atoms with Gasteiger partial charge in [0.1, 0.15) is 0 Å². The van der Waals surface area contributed by atoms with Gasteiger partial charge in [0.2, 0.25) is 0 Å². The summed E-state index contributed by atoms with van der Waals surface area (Å²) >= 11 is 0. The third-order valence-corrected chi connectivity index (χ3v) is 6.88. The van der Waals surface area contributed by atoms with Gasteiger partial charge in [0.15, 0.2) is 5.79 Å². The molecule has 0 aliphatic carbocycles. The monoisotopic (exact) mass is 361 g/mol. The van der Waals surface area contributed by atoms with Gasteiger partial charge < -0.3 is 9.47 Å². The van der Waals surface area contributed by atoms with Crippen LogP contribution < -0.4 is 0 Å². The summed E-state index contributed by atoms with van der Waals surface area (Å²) in [7, 11) is 0. The Balaban J connectivity index is 1.81. The number of ether oxygens (including phenoxy) is 2. The molecule has 0 amide bonds. The lowest BCUT2D eigenvalue weighted by molar-refractivity contribution is -0.365. The van der Waals surface area contributed by atoms with E-state index in [-0.39, 0.29) is 17.0 Å². The molecule has 2 saturated heterocycles. The maximum atomic E-state index is 6.50. The maximum absolute atomic E-state index is 6.50. The minimum Gasteiger partial charge on any atom is -0.347 e. The maximum Gasteiger partial charge on any atom is 0.174 e. The molecule has 1 aromatic carbocycles. The van der Waals surface area contributed by atoms with Crippen molar-refractivity contribution < 1.29 is 14.3 Å². The van der Waals surface area contributed by atoms with Crippen molar-refractivity contribution in [3.05, 3.63) is 35.9 Å². The molecule has 3 unspecified atom stereocenters. The van der Waals surface area contributed by atoms with E-state index >= 15 is 0 Å². The lowest BCUT2D eigenvalue weighted by atomic mass is 9.67. The SMILES string of the molecule is CCC1(C)CC2(OCCO2)C(C)C(C)(CC)N1OCCc1ccccc1. The smallest absolute Gasteiger partial charge is 0.174 e. The van der Waals surface area contributed by atoms with Crippen LogP contribution in [0.15, 0.2) is 30.3 Å². The van der Waals surface area contributed by atoms with E-state index in [9.17, 15) is 0 Å². The second-order valence-electron chi connectivity index (χ2n) is 8.33.